The normalized spacial score (nSPS) is 13.8. The van der Waals surface area contributed by atoms with Gasteiger partial charge in [-0.15, -0.1) is 0 Å². The average Bonchev–Trinajstić information content (AvgIpc) is 2.66. The summed E-state index contributed by atoms with van der Waals surface area (Å²) in [6, 6.07) is 0.345. The van der Waals surface area contributed by atoms with E-state index >= 15 is 0 Å². The van der Waals surface area contributed by atoms with Crippen LogP contribution in [0.1, 0.15) is 26.7 Å². The molecule has 1 rings (SSSR count). The lowest BCUT2D eigenvalue weighted by Crippen LogP contribution is -2.33. The molecule has 1 aromatic rings. The summed E-state index contributed by atoms with van der Waals surface area (Å²) in [5.74, 6) is 0. The molecule has 0 spiro atoms. The van der Waals surface area contributed by atoms with Crippen molar-refractivity contribution in [1.82, 2.24) is 15.1 Å². The third-order valence-electron chi connectivity index (χ3n) is 2.58. The highest BCUT2D eigenvalue weighted by molar-refractivity contribution is 7.90. The molecule has 5 nitrogen and oxygen atoms in total. The van der Waals surface area contributed by atoms with Crippen LogP contribution in [0.5, 0.6) is 0 Å². The molecule has 1 unspecified atom stereocenters. The summed E-state index contributed by atoms with van der Waals surface area (Å²) in [4.78, 5) is 0.282. The van der Waals surface area contributed by atoms with Gasteiger partial charge in [0, 0.05) is 18.5 Å². The number of sulfone groups is 1. The SMILES string of the molecule is CCCC(Cn1cc(S(C)(=O)=O)cn1)NCC. The summed E-state index contributed by atoms with van der Waals surface area (Å²) in [5, 5.41) is 7.45. The van der Waals surface area contributed by atoms with E-state index in [-0.39, 0.29) is 4.90 Å². The van der Waals surface area contributed by atoms with Crippen molar-refractivity contribution < 1.29 is 8.42 Å². The fraction of sp³-hybridized carbons (Fsp3) is 0.727. The predicted octanol–water partition coefficient (Wildman–Crippen LogP) is 1.06. The van der Waals surface area contributed by atoms with Crippen LogP contribution in [-0.2, 0) is 16.4 Å². The molecule has 0 radical (unpaired) electrons. The molecule has 0 amide bonds. The highest BCUT2D eigenvalue weighted by Gasteiger charge is 2.12. The first-order valence-electron chi connectivity index (χ1n) is 5.93. The van der Waals surface area contributed by atoms with E-state index in [4.69, 9.17) is 0 Å². The Hall–Kier alpha value is -0.880. The molecule has 6 heteroatoms. The first-order valence-corrected chi connectivity index (χ1v) is 7.82. The van der Waals surface area contributed by atoms with Crippen molar-refractivity contribution >= 4 is 9.84 Å². The maximum atomic E-state index is 11.3. The van der Waals surface area contributed by atoms with Crippen LogP contribution in [0.2, 0.25) is 0 Å². The van der Waals surface area contributed by atoms with E-state index in [0.29, 0.717) is 12.6 Å². The van der Waals surface area contributed by atoms with Crippen LogP contribution in [0.15, 0.2) is 17.3 Å². The lowest BCUT2D eigenvalue weighted by atomic mass is 10.1. The van der Waals surface area contributed by atoms with E-state index in [2.05, 4.69) is 24.3 Å². The van der Waals surface area contributed by atoms with Gasteiger partial charge in [-0.05, 0) is 13.0 Å². The number of nitrogens with one attached hydrogen (secondary N) is 1. The second-order valence-electron chi connectivity index (χ2n) is 4.21. The van der Waals surface area contributed by atoms with Crippen LogP contribution in [0.25, 0.3) is 0 Å². The maximum Gasteiger partial charge on any atom is 0.178 e. The number of hydrogen-bond donors (Lipinski definition) is 1. The summed E-state index contributed by atoms with van der Waals surface area (Å²) in [6.07, 6.45) is 6.35. The molecule has 1 N–H and O–H groups in total. The zero-order valence-electron chi connectivity index (χ0n) is 10.7. The molecule has 0 saturated carbocycles. The molecule has 0 aliphatic carbocycles. The van der Waals surface area contributed by atoms with Gasteiger partial charge in [0.25, 0.3) is 0 Å². The van der Waals surface area contributed by atoms with Crippen molar-refractivity contribution in [3.63, 3.8) is 0 Å². The molecular weight excluding hydrogens is 238 g/mol. The molecule has 0 aliphatic heterocycles. The monoisotopic (exact) mass is 259 g/mol. The van der Waals surface area contributed by atoms with Crippen LogP contribution in [0.3, 0.4) is 0 Å². The molecule has 0 aromatic carbocycles. The molecule has 1 aromatic heterocycles. The molecular formula is C11H21N3O2S. The molecule has 1 atom stereocenters. The molecule has 0 bridgehead atoms. The number of hydrogen-bond acceptors (Lipinski definition) is 4. The molecule has 0 aliphatic rings. The highest BCUT2D eigenvalue weighted by atomic mass is 32.2. The zero-order chi connectivity index (χ0) is 12.9. The Labute approximate surface area is 103 Å². The van der Waals surface area contributed by atoms with E-state index in [9.17, 15) is 8.42 Å². The Balaban J connectivity index is 2.70. The third kappa shape index (κ3) is 4.47. The van der Waals surface area contributed by atoms with Crippen molar-refractivity contribution in [3.05, 3.63) is 12.4 Å². The van der Waals surface area contributed by atoms with E-state index in [1.54, 1.807) is 10.9 Å². The Morgan fingerprint density at radius 1 is 1.47 bits per heavy atom. The van der Waals surface area contributed by atoms with Crippen molar-refractivity contribution in [3.8, 4) is 0 Å². The fourth-order valence-corrected chi connectivity index (χ4v) is 2.31. The van der Waals surface area contributed by atoms with Crippen LogP contribution >= 0.6 is 0 Å². The van der Waals surface area contributed by atoms with Crippen molar-refractivity contribution in [2.75, 3.05) is 12.8 Å². The van der Waals surface area contributed by atoms with Crippen LogP contribution in [0, 0.1) is 0 Å². The quantitative estimate of drug-likeness (QED) is 0.795. The second kappa shape index (κ2) is 6.16. The van der Waals surface area contributed by atoms with Gasteiger partial charge in [0.05, 0.1) is 12.7 Å². The van der Waals surface area contributed by atoms with E-state index in [1.807, 2.05) is 0 Å². The molecule has 17 heavy (non-hydrogen) atoms. The Morgan fingerprint density at radius 3 is 2.65 bits per heavy atom. The first kappa shape index (κ1) is 14.2. The summed E-state index contributed by atoms with van der Waals surface area (Å²) in [7, 11) is -3.15. The summed E-state index contributed by atoms with van der Waals surface area (Å²) >= 11 is 0. The fourth-order valence-electron chi connectivity index (χ4n) is 1.76. The average molecular weight is 259 g/mol. The van der Waals surface area contributed by atoms with Gasteiger partial charge >= 0.3 is 0 Å². The van der Waals surface area contributed by atoms with Gasteiger partial charge in [-0.2, -0.15) is 5.10 Å². The number of rotatable bonds is 7. The van der Waals surface area contributed by atoms with Gasteiger partial charge in [-0.25, -0.2) is 8.42 Å². The number of aromatic nitrogens is 2. The lowest BCUT2D eigenvalue weighted by Gasteiger charge is -2.16. The van der Waals surface area contributed by atoms with Gasteiger partial charge in [-0.1, -0.05) is 20.3 Å². The zero-order valence-corrected chi connectivity index (χ0v) is 11.5. The van der Waals surface area contributed by atoms with E-state index in [1.165, 1.54) is 12.5 Å². The highest BCUT2D eigenvalue weighted by Crippen LogP contribution is 2.08. The maximum absolute atomic E-state index is 11.3. The van der Waals surface area contributed by atoms with Crippen LogP contribution < -0.4 is 5.32 Å². The summed E-state index contributed by atoms with van der Waals surface area (Å²) in [6.45, 7) is 5.81. The van der Waals surface area contributed by atoms with E-state index < -0.39 is 9.84 Å². The lowest BCUT2D eigenvalue weighted by molar-refractivity contribution is 0.409. The Morgan fingerprint density at radius 2 is 2.18 bits per heavy atom. The van der Waals surface area contributed by atoms with Gasteiger partial charge in [-0.3, -0.25) is 4.68 Å². The second-order valence-corrected chi connectivity index (χ2v) is 6.23. The summed E-state index contributed by atoms with van der Waals surface area (Å²) in [5.41, 5.74) is 0. The topological polar surface area (TPSA) is 64.0 Å². The molecule has 1 heterocycles. The third-order valence-corrected chi connectivity index (χ3v) is 3.64. The van der Waals surface area contributed by atoms with Gasteiger partial charge < -0.3 is 5.32 Å². The summed E-state index contributed by atoms with van der Waals surface area (Å²) < 4.78 is 24.3. The van der Waals surface area contributed by atoms with E-state index in [0.717, 1.165) is 19.4 Å². The first-order chi connectivity index (χ1) is 7.97. The minimum atomic E-state index is -3.15. The smallest absolute Gasteiger partial charge is 0.178 e. The standard InChI is InChI=1S/C11H21N3O2S/c1-4-6-10(12-5-2)8-14-9-11(7-13-14)17(3,15)16/h7,9-10,12H,4-6,8H2,1-3H3. The Bertz CT molecular complexity index is 433. The van der Waals surface area contributed by atoms with Gasteiger partial charge in [0.2, 0.25) is 0 Å². The van der Waals surface area contributed by atoms with Crippen molar-refractivity contribution in [1.29, 1.82) is 0 Å². The van der Waals surface area contributed by atoms with Crippen LogP contribution in [0.4, 0.5) is 0 Å². The minimum absolute atomic E-state index is 0.282. The molecule has 0 fully saturated rings. The van der Waals surface area contributed by atoms with Crippen LogP contribution in [-0.4, -0.2) is 37.0 Å². The molecule has 98 valence electrons. The Kier molecular flexibility index (Phi) is 5.14. The van der Waals surface area contributed by atoms with Crippen molar-refractivity contribution in [2.45, 2.75) is 44.2 Å². The number of nitrogens with zero attached hydrogens (tertiary/aromatic N) is 2. The minimum Gasteiger partial charge on any atom is -0.312 e. The number of likely N-dealkylation sites (N-methyl/N-ethyl adjacent to an activating group) is 1. The largest absolute Gasteiger partial charge is 0.312 e. The predicted molar refractivity (Wildman–Crippen MR) is 67.7 cm³/mol. The van der Waals surface area contributed by atoms with Crippen molar-refractivity contribution in [2.24, 2.45) is 0 Å². The van der Waals surface area contributed by atoms with Gasteiger partial charge in [0.1, 0.15) is 4.90 Å². The molecule has 0 saturated heterocycles. The van der Waals surface area contributed by atoms with Gasteiger partial charge in [0.15, 0.2) is 9.84 Å².